The fourth-order valence-electron chi connectivity index (χ4n) is 5.54. The highest BCUT2D eigenvalue weighted by molar-refractivity contribution is 9.10. The van der Waals surface area contributed by atoms with E-state index in [-0.39, 0.29) is 11.8 Å². The number of imide groups is 1. The molecular weight excluding hydrogens is 574 g/mol. The van der Waals surface area contributed by atoms with Gasteiger partial charge in [-0.05, 0) is 50.3 Å². The van der Waals surface area contributed by atoms with E-state index in [2.05, 4.69) is 72.1 Å². The minimum absolute atomic E-state index is 0.179. The summed E-state index contributed by atoms with van der Waals surface area (Å²) in [7, 11) is 0. The Morgan fingerprint density at radius 3 is 1.40 bits per heavy atom. The summed E-state index contributed by atoms with van der Waals surface area (Å²) in [5.41, 5.74) is 4.74. The van der Waals surface area contributed by atoms with Crippen LogP contribution in [0.25, 0.3) is 0 Å². The third-order valence-electron chi connectivity index (χ3n) is 6.68. The number of benzene rings is 3. The molecule has 1 aliphatic heterocycles. The number of amides is 2. The van der Waals surface area contributed by atoms with Gasteiger partial charge < -0.3 is 0 Å². The predicted octanol–water partition coefficient (Wildman–Crippen LogP) is 5.86. The van der Waals surface area contributed by atoms with Crippen molar-refractivity contribution >= 4 is 65.3 Å². The zero-order valence-electron chi connectivity index (χ0n) is 15.5. The number of anilines is 1. The van der Waals surface area contributed by atoms with Gasteiger partial charge in [-0.25, -0.2) is 4.90 Å². The summed E-state index contributed by atoms with van der Waals surface area (Å²) in [5.74, 6) is -1.47. The molecule has 1 fully saturated rings. The van der Waals surface area contributed by atoms with Gasteiger partial charge in [0.25, 0.3) is 0 Å². The zero-order chi connectivity index (χ0) is 20.8. The van der Waals surface area contributed by atoms with Crippen molar-refractivity contribution in [2.45, 2.75) is 8.65 Å². The molecule has 4 aliphatic rings. The second kappa shape index (κ2) is 6.15. The fraction of sp³-hybridized carbons (Fsp3) is 0.167. The van der Waals surface area contributed by atoms with Crippen LogP contribution in [0, 0.1) is 11.8 Å². The molecule has 0 saturated carbocycles. The molecule has 30 heavy (non-hydrogen) atoms. The number of rotatable bonds is 1. The lowest BCUT2D eigenvalue weighted by atomic mass is 9.54. The lowest BCUT2D eigenvalue weighted by molar-refractivity contribution is -0.122. The molecule has 3 aliphatic carbocycles. The van der Waals surface area contributed by atoms with E-state index in [1.54, 1.807) is 6.07 Å². The van der Waals surface area contributed by atoms with Crippen LogP contribution in [0.1, 0.15) is 22.3 Å². The van der Waals surface area contributed by atoms with E-state index in [4.69, 9.17) is 0 Å². The van der Waals surface area contributed by atoms with Gasteiger partial charge in [0, 0.05) is 4.47 Å². The molecule has 148 valence electrons. The normalized spacial score (nSPS) is 30.8. The summed E-state index contributed by atoms with van der Waals surface area (Å²) in [4.78, 5) is 29.2. The van der Waals surface area contributed by atoms with Crippen LogP contribution in [0.4, 0.5) is 5.69 Å². The molecular formula is C24H14Br3NO2. The number of hydrogen-bond acceptors (Lipinski definition) is 2. The van der Waals surface area contributed by atoms with Gasteiger partial charge in [-0.1, -0.05) is 92.5 Å². The summed E-state index contributed by atoms with van der Waals surface area (Å²) in [5, 5.41) is 0. The average Bonchev–Trinajstić information content (AvgIpc) is 3.04. The van der Waals surface area contributed by atoms with Crippen LogP contribution in [0.15, 0.2) is 77.3 Å². The van der Waals surface area contributed by atoms with Crippen LogP contribution >= 0.6 is 47.8 Å². The van der Waals surface area contributed by atoms with E-state index in [0.29, 0.717) is 5.69 Å². The molecule has 3 aromatic carbocycles. The topological polar surface area (TPSA) is 37.4 Å². The predicted molar refractivity (Wildman–Crippen MR) is 126 cm³/mol. The standard InChI is InChI=1S/C24H14Br3NO2/c25-17-11-5-6-12-18(17)28-21(29)19-20(22(28)30)24(27)14-8-2-1-7-13(14)23(19,26)15-9-3-4-10-16(15)24/h1-12,19-20H. The lowest BCUT2D eigenvalue weighted by Crippen LogP contribution is -2.56. The summed E-state index contributed by atoms with van der Waals surface area (Å²) in [6, 6.07) is 23.6. The number of para-hydroxylation sites is 1. The monoisotopic (exact) mass is 585 g/mol. The van der Waals surface area contributed by atoms with Gasteiger partial charge in [0.2, 0.25) is 11.8 Å². The summed E-state index contributed by atoms with van der Waals surface area (Å²) in [6.45, 7) is 0. The van der Waals surface area contributed by atoms with Crippen LogP contribution in [0.2, 0.25) is 0 Å². The maximum absolute atomic E-state index is 13.9. The van der Waals surface area contributed by atoms with E-state index in [9.17, 15) is 9.59 Å². The molecule has 3 nitrogen and oxygen atoms in total. The molecule has 1 heterocycles. The van der Waals surface area contributed by atoms with Crippen LogP contribution < -0.4 is 4.90 Å². The Morgan fingerprint density at radius 1 is 0.633 bits per heavy atom. The van der Waals surface area contributed by atoms with Gasteiger partial charge in [-0.15, -0.1) is 0 Å². The van der Waals surface area contributed by atoms with Crippen molar-refractivity contribution in [1.82, 2.24) is 0 Å². The Bertz CT molecular complexity index is 1150. The first-order valence-electron chi connectivity index (χ1n) is 9.62. The Labute approximate surface area is 198 Å². The van der Waals surface area contributed by atoms with Gasteiger partial charge >= 0.3 is 0 Å². The second-order valence-corrected chi connectivity index (χ2v) is 11.3. The van der Waals surface area contributed by atoms with E-state index in [1.807, 2.05) is 42.5 Å². The molecule has 1 saturated heterocycles. The van der Waals surface area contributed by atoms with E-state index < -0.39 is 20.5 Å². The van der Waals surface area contributed by atoms with Gasteiger partial charge in [-0.2, -0.15) is 0 Å². The summed E-state index contributed by atoms with van der Waals surface area (Å²) >= 11 is 11.6. The lowest BCUT2D eigenvalue weighted by Gasteiger charge is -2.55. The van der Waals surface area contributed by atoms with Crippen molar-refractivity contribution in [2.75, 3.05) is 4.90 Å². The molecule has 0 spiro atoms. The Balaban J connectivity index is 1.68. The van der Waals surface area contributed by atoms with Crippen LogP contribution in [-0.4, -0.2) is 11.8 Å². The first kappa shape index (κ1) is 19.0. The molecule has 2 amide bonds. The average molecular weight is 588 g/mol. The van der Waals surface area contributed by atoms with Crippen molar-refractivity contribution in [1.29, 1.82) is 0 Å². The number of halogens is 3. The Morgan fingerprint density at radius 2 is 1.00 bits per heavy atom. The Kier molecular flexibility index (Phi) is 3.89. The highest BCUT2D eigenvalue weighted by Crippen LogP contribution is 2.70. The molecule has 2 bridgehead atoms. The molecule has 0 radical (unpaired) electrons. The molecule has 2 unspecified atom stereocenters. The number of carbonyl (C=O) groups excluding carboxylic acids is 2. The number of carbonyl (C=O) groups is 2. The van der Waals surface area contributed by atoms with E-state index >= 15 is 0 Å². The first-order valence-corrected chi connectivity index (χ1v) is 12.0. The minimum atomic E-state index is -0.761. The van der Waals surface area contributed by atoms with Crippen molar-refractivity contribution < 1.29 is 9.59 Å². The van der Waals surface area contributed by atoms with Gasteiger partial charge in [0.05, 0.1) is 26.2 Å². The molecule has 7 rings (SSSR count). The van der Waals surface area contributed by atoms with Crippen molar-refractivity contribution in [3.05, 3.63) is 99.5 Å². The molecule has 6 heteroatoms. The van der Waals surface area contributed by atoms with E-state index in [1.165, 1.54) is 4.90 Å². The largest absolute Gasteiger partial charge is 0.274 e. The smallest absolute Gasteiger partial charge is 0.239 e. The first-order chi connectivity index (χ1) is 14.4. The Hall–Kier alpha value is -1.76. The minimum Gasteiger partial charge on any atom is -0.274 e. The third-order valence-corrected chi connectivity index (χ3v) is 10.0. The SMILES string of the molecule is O=C1C2C(C(=O)N1c1ccccc1Br)C1(Br)c3ccccc3C2(Br)c2ccccc21. The molecule has 0 N–H and O–H groups in total. The van der Waals surface area contributed by atoms with Crippen LogP contribution in [0.3, 0.4) is 0 Å². The number of nitrogens with zero attached hydrogens (tertiary/aromatic N) is 1. The highest BCUT2D eigenvalue weighted by atomic mass is 79.9. The molecule has 2 atom stereocenters. The third kappa shape index (κ3) is 2.01. The van der Waals surface area contributed by atoms with Gasteiger partial charge in [0.1, 0.15) is 0 Å². The quantitative estimate of drug-likeness (QED) is 0.264. The van der Waals surface area contributed by atoms with Crippen molar-refractivity contribution in [3.63, 3.8) is 0 Å². The fourth-order valence-corrected chi connectivity index (χ4v) is 8.30. The zero-order valence-corrected chi connectivity index (χ0v) is 20.2. The maximum Gasteiger partial charge on any atom is 0.239 e. The van der Waals surface area contributed by atoms with Gasteiger partial charge in [-0.3, -0.25) is 9.59 Å². The van der Waals surface area contributed by atoms with Crippen molar-refractivity contribution in [2.24, 2.45) is 11.8 Å². The van der Waals surface area contributed by atoms with Crippen molar-refractivity contribution in [3.8, 4) is 0 Å². The molecule has 0 aromatic heterocycles. The maximum atomic E-state index is 13.9. The second-order valence-electron chi connectivity index (χ2n) is 7.93. The molecule has 3 aromatic rings. The highest BCUT2D eigenvalue weighted by Gasteiger charge is 2.72. The summed E-state index contributed by atoms with van der Waals surface area (Å²) in [6.07, 6.45) is 0. The van der Waals surface area contributed by atoms with Crippen LogP contribution in [0.5, 0.6) is 0 Å². The number of hydrogen-bond donors (Lipinski definition) is 0. The van der Waals surface area contributed by atoms with Gasteiger partial charge in [0.15, 0.2) is 0 Å². The van der Waals surface area contributed by atoms with E-state index in [0.717, 1.165) is 26.7 Å². The van der Waals surface area contributed by atoms with Crippen LogP contribution in [-0.2, 0) is 18.2 Å². The number of alkyl halides is 2. The summed E-state index contributed by atoms with van der Waals surface area (Å²) < 4.78 is -0.799.